The van der Waals surface area contributed by atoms with E-state index in [0.717, 1.165) is 29.7 Å². The number of amides is 1. The van der Waals surface area contributed by atoms with Crippen LogP contribution in [0.5, 0.6) is 0 Å². The number of carbonyl (C=O) groups is 1. The lowest BCUT2D eigenvalue weighted by Crippen LogP contribution is -2.44. The van der Waals surface area contributed by atoms with Crippen LogP contribution in [-0.4, -0.2) is 19.1 Å². The normalized spacial score (nSPS) is 19.4. The minimum absolute atomic E-state index is 0.213. The summed E-state index contributed by atoms with van der Waals surface area (Å²) < 4.78 is 24.9. The molecule has 124 valence electrons. The number of hydrogen-bond acceptors (Lipinski definition) is 3. The fourth-order valence-electron chi connectivity index (χ4n) is 3.28. The molecule has 0 aliphatic carbocycles. The Labute approximate surface area is 139 Å². The van der Waals surface area contributed by atoms with Crippen LogP contribution in [0.1, 0.15) is 24.0 Å². The summed E-state index contributed by atoms with van der Waals surface area (Å²) >= 11 is 0. The molecule has 0 unspecified atom stereocenters. The quantitative estimate of drug-likeness (QED) is 0.849. The number of rotatable bonds is 2. The molecule has 2 aromatic rings. The summed E-state index contributed by atoms with van der Waals surface area (Å²) in [6, 6.07) is 13.7. The third-order valence-electron chi connectivity index (χ3n) is 4.48. The summed E-state index contributed by atoms with van der Waals surface area (Å²) in [5, 5.41) is 0. The van der Waals surface area contributed by atoms with Crippen LogP contribution < -0.4 is 4.90 Å². The van der Waals surface area contributed by atoms with E-state index < -0.39 is 5.79 Å². The van der Waals surface area contributed by atoms with Gasteiger partial charge in [-0.15, -0.1) is 0 Å². The number of para-hydroxylation sites is 1. The fraction of sp³-hybridized carbons (Fsp3) is 0.316. The van der Waals surface area contributed by atoms with Gasteiger partial charge in [-0.05, 0) is 36.6 Å². The van der Waals surface area contributed by atoms with Gasteiger partial charge in [-0.1, -0.05) is 30.3 Å². The highest BCUT2D eigenvalue weighted by Gasteiger charge is 2.54. The summed E-state index contributed by atoms with van der Waals surface area (Å²) in [7, 11) is 0. The number of halogens is 1. The summed E-state index contributed by atoms with van der Waals surface area (Å²) in [4.78, 5) is 14.8. The molecular weight excluding hydrogens is 309 g/mol. The summed E-state index contributed by atoms with van der Waals surface area (Å²) in [6.07, 6.45) is 1.74. The van der Waals surface area contributed by atoms with E-state index in [0.29, 0.717) is 19.8 Å². The van der Waals surface area contributed by atoms with Gasteiger partial charge in [0.15, 0.2) is 0 Å². The highest BCUT2D eigenvalue weighted by Crippen LogP contribution is 2.45. The molecule has 0 aromatic heterocycles. The van der Waals surface area contributed by atoms with Crippen LogP contribution >= 0.6 is 0 Å². The van der Waals surface area contributed by atoms with Crippen molar-refractivity contribution in [2.75, 3.05) is 18.1 Å². The molecule has 0 saturated carbocycles. The van der Waals surface area contributed by atoms with Gasteiger partial charge in [-0.25, -0.2) is 4.39 Å². The van der Waals surface area contributed by atoms with Crippen molar-refractivity contribution in [1.29, 1.82) is 0 Å². The Morgan fingerprint density at radius 3 is 2.38 bits per heavy atom. The number of nitrogens with zero attached hydrogens (tertiary/aromatic N) is 1. The molecule has 2 aromatic carbocycles. The third-order valence-corrected chi connectivity index (χ3v) is 4.48. The van der Waals surface area contributed by atoms with Gasteiger partial charge >= 0.3 is 0 Å². The van der Waals surface area contributed by atoms with Gasteiger partial charge < -0.3 is 14.4 Å². The summed E-state index contributed by atoms with van der Waals surface area (Å²) in [5.41, 5.74) is 2.39. The molecule has 2 heterocycles. The van der Waals surface area contributed by atoms with Crippen molar-refractivity contribution in [3.05, 3.63) is 65.5 Å². The van der Waals surface area contributed by atoms with Crippen molar-refractivity contribution in [2.24, 2.45) is 0 Å². The van der Waals surface area contributed by atoms with Crippen molar-refractivity contribution < 1.29 is 18.7 Å². The number of hydrogen-bond donors (Lipinski definition) is 0. The first-order chi connectivity index (χ1) is 11.7. The zero-order valence-electron chi connectivity index (χ0n) is 13.2. The lowest BCUT2D eigenvalue weighted by atomic mass is 10.1. The lowest BCUT2D eigenvalue weighted by molar-refractivity contribution is -0.222. The molecule has 1 saturated heterocycles. The Bertz CT molecular complexity index is 751. The van der Waals surface area contributed by atoms with Gasteiger partial charge in [0.05, 0.1) is 25.4 Å². The predicted octanol–water partition coefficient (Wildman–Crippen LogP) is 3.35. The second-order valence-electron chi connectivity index (χ2n) is 6.06. The topological polar surface area (TPSA) is 38.8 Å². The molecule has 2 aliphatic heterocycles. The smallest absolute Gasteiger partial charge is 0.292 e. The maximum absolute atomic E-state index is 13.2. The molecule has 24 heavy (non-hydrogen) atoms. The van der Waals surface area contributed by atoms with E-state index >= 15 is 0 Å². The first-order valence-electron chi connectivity index (χ1n) is 8.14. The maximum Gasteiger partial charge on any atom is 0.292 e. The monoisotopic (exact) mass is 327 g/mol. The standard InChI is InChI=1S/C19H18FNO3/c20-15-9-7-14(8-10-15)13-21-17-6-2-1-5-16(17)19(18(21)22)23-11-3-4-12-24-19/h1-2,5-10H,3-4,11-13H2. The molecule has 2 aliphatic rings. The summed E-state index contributed by atoms with van der Waals surface area (Å²) in [6.45, 7) is 1.33. The van der Waals surface area contributed by atoms with Crippen LogP contribution in [0.4, 0.5) is 10.1 Å². The van der Waals surface area contributed by atoms with Gasteiger partial charge in [0.1, 0.15) is 5.82 Å². The van der Waals surface area contributed by atoms with Crippen molar-refractivity contribution in [3.8, 4) is 0 Å². The van der Waals surface area contributed by atoms with Crippen molar-refractivity contribution >= 4 is 11.6 Å². The number of anilines is 1. The van der Waals surface area contributed by atoms with E-state index in [-0.39, 0.29) is 11.7 Å². The number of benzene rings is 2. The van der Waals surface area contributed by atoms with Crippen LogP contribution in [0.15, 0.2) is 48.5 Å². The molecule has 1 spiro atoms. The molecule has 0 atom stereocenters. The van der Waals surface area contributed by atoms with Gasteiger partial charge in [-0.3, -0.25) is 4.79 Å². The second-order valence-corrected chi connectivity index (χ2v) is 6.06. The minimum Gasteiger partial charge on any atom is -0.338 e. The molecule has 4 nitrogen and oxygen atoms in total. The van der Waals surface area contributed by atoms with Gasteiger partial charge in [0, 0.05) is 5.56 Å². The van der Waals surface area contributed by atoms with Gasteiger partial charge in [-0.2, -0.15) is 0 Å². The first kappa shape index (κ1) is 15.3. The summed E-state index contributed by atoms with van der Waals surface area (Å²) in [5.74, 6) is -1.85. The SMILES string of the molecule is O=C1N(Cc2ccc(F)cc2)c2ccccc2C12OCCCCO2. The second kappa shape index (κ2) is 6.00. The van der Waals surface area contributed by atoms with Crippen molar-refractivity contribution in [3.63, 3.8) is 0 Å². The van der Waals surface area contributed by atoms with E-state index in [1.54, 1.807) is 17.0 Å². The van der Waals surface area contributed by atoms with Crippen LogP contribution in [0.25, 0.3) is 0 Å². The van der Waals surface area contributed by atoms with E-state index in [4.69, 9.17) is 9.47 Å². The highest BCUT2D eigenvalue weighted by atomic mass is 19.1. The van der Waals surface area contributed by atoms with Crippen molar-refractivity contribution in [1.82, 2.24) is 0 Å². The van der Waals surface area contributed by atoms with Gasteiger partial charge in [0.2, 0.25) is 0 Å². The highest BCUT2D eigenvalue weighted by molar-refractivity contribution is 6.06. The van der Waals surface area contributed by atoms with Crippen LogP contribution in [0.2, 0.25) is 0 Å². The molecule has 0 N–H and O–H groups in total. The Balaban J connectivity index is 1.73. The molecule has 0 radical (unpaired) electrons. The zero-order chi connectivity index (χ0) is 16.6. The third kappa shape index (κ3) is 2.41. The maximum atomic E-state index is 13.2. The molecule has 1 amide bonds. The molecule has 4 rings (SSSR count). The number of ether oxygens (including phenoxy) is 2. The Hall–Kier alpha value is -2.24. The van der Waals surface area contributed by atoms with E-state index in [1.807, 2.05) is 24.3 Å². The Morgan fingerprint density at radius 1 is 1.00 bits per heavy atom. The minimum atomic E-state index is -1.34. The van der Waals surface area contributed by atoms with Crippen LogP contribution in [0.3, 0.4) is 0 Å². The largest absolute Gasteiger partial charge is 0.338 e. The van der Waals surface area contributed by atoms with Crippen molar-refractivity contribution in [2.45, 2.75) is 25.2 Å². The Morgan fingerprint density at radius 2 is 1.67 bits per heavy atom. The zero-order valence-corrected chi connectivity index (χ0v) is 13.2. The van der Waals surface area contributed by atoms with E-state index in [9.17, 15) is 9.18 Å². The van der Waals surface area contributed by atoms with Crippen LogP contribution in [-0.2, 0) is 26.6 Å². The average Bonchev–Trinajstić information content (AvgIpc) is 2.78. The molecule has 5 heteroatoms. The predicted molar refractivity (Wildman–Crippen MR) is 86.8 cm³/mol. The Kier molecular flexibility index (Phi) is 3.82. The first-order valence-corrected chi connectivity index (χ1v) is 8.14. The molecule has 0 bridgehead atoms. The fourth-order valence-corrected chi connectivity index (χ4v) is 3.28. The molecule has 1 fully saturated rings. The molecular formula is C19H18FNO3. The lowest BCUT2D eigenvalue weighted by Gasteiger charge is -2.27. The van der Waals surface area contributed by atoms with E-state index in [1.165, 1.54) is 12.1 Å². The number of carbonyl (C=O) groups excluding carboxylic acids is 1. The van der Waals surface area contributed by atoms with Crippen LogP contribution in [0, 0.1) is 5.82 Å². The average molecular weight is 327 g/mol. The number of fused-ring (bicyclic) bond motifs is 2. The van der Waals surface area contributed by atoms with Gasteiger partial charge in [0.25, 0.3) is 11.7 Å². The van der Waals surface area contributed by atoms with E-state index in [2.05, 4.69) is 0 Å².